The van der Waals surface area contributed by atoms with Gasteiger partial charge in [0.1, 0.15) is 5.75 Å². The van der Waals surface area contributed by atoms with Crippen molar-refractivity contribution in [2.24, 2.45) is 0 Å². The van der Waals surface area contributed by atoms with Crippen molar-refractivity contribution in [2.75, 3.05) is 6.61 Å². The molecule has 0 amide bonds. The summed E-state index contributed by atoms with van der Waals surface area (Å²) in [7, 11) is -6.19. The molecule has 0 fully saturated rings. The van der Waals surface area contributed by atoms with E-state index in [2.05, 4.69) is 0 Å². The summed E-state index contributed by atoms with van der Waals surface area (Å²) < 4.78 is 86.6. The molecule has 0 saturated heterocycles. The summed E-state index contributed by atoms with van der Waals surface area (Å²) >= 11 is 0. The van der Waals surface area contributed by atoms with Crippen LogP contribution in [0.4, 0.5) is 17.6 Å². The van der Waals surface area contributed by atoms with Crippen LogP contribution in [-0.4, -0.2) is 30.8 Å². The number of alkyl halides is 4. The quantitative estimate of drug-likeness (QED) is 0.394. The normalized spacial score (nSPS) is 14.5. The van der Waals surface area contributed by atoms with Crippen molar-refractivity contribution in [3.8, 4) is 5.75 Å². The maximum Gasteiger partial charge on any atom is 0.431 e. The molecular formula is C15H20F4O4S. The van der Waals surface area contributed by atoms with E-state index in [-0.39, 0.29) is 6.61 Å². The highest BCUT2D eigenvalue weighted by atomic mass is 32.2. The Bertz CT molecular complexity index is 629. The lowest BCUT2D eigenvalue weighted by atomic mass is 9.99. The lowest BCUT2D eigenvalue weighted by Gasteiger charge is -2.23. The molecule has 0 radical (unpaired) electrons. The molecule has 0 spiro atoms. The molecule has 0 aliphatic rings. The maximum absolute atomic E-state index is 13.3. The standard InChI is InChI=1S/C15H20F4O4S/c1-3-11(2)12-5-7-13(8-6-12)23-10-4-9-14(16,17)15(18,19)24(20,21)22/h5-8,11H,3-4,9-10H2,1-2H3,(H,20,21,22). The van der Waals surface area contributed by atoms with Gasteiger partial charge < -0.3 is 4.74 Å². The van der Waals surface area contributed by atoms with Crippen LogP contribution in [0, 0.1) is 0 Å². The fourth-order valence-corrected chi connectivity index (χ4v) is 2.43. The van der Waals surface area contributed by atoms with Gasteiger partial charge in [0.2, 0.25) is 0 Å². The fraction of sp³-hybridized carbons (Fsp3) is 0.600. The summed E-state index contributed by atoms with van der Waals surface area (Å²) in [6, 6.07) is 6.94. The highest BCUT2D eigenvalue weighted by Gasteiger charge is 2.64. The van der Waals surface area contributed by atoms with E-state index in [1.165, 1.54) is 0 Å². The fourth-order valence-electron chi connectivity index (χ4n) is 1.95. The number of ether oxygens (including phenoxy) is 1. The molecule has 4 nitrogen and oxygen atoms in total. The van der Waals surface area contributed by atoms with Crippen LogP contribution < -0.4 is 4.74 Å². The molecule has 0 aliphatic carbocycles. The SMILES string of the molecule is CCC(C)c1ccc(OCCCC(F)(F)C(F)(F)S(=O)(=O)O)cc1. The van der Waals surface area contributed by atoms with E-state index in [4.69, 9.17) is 9.29 Å². The van der Waals surface area contributed by atoms with E-state index in [0.717, 1.165) is 12.0 Å². The van der Waals surface area contributed by atoms with E-state index >= 15 is 0 Å². The van der Waals surface area contributed by atoms with Crippen molar-refractivity contribution in [2.45, 2.75) is 50.2 Å². The lowest BCUT2D eigenvalue weighted by molar-refractivity contribution is -0.165. The second-order valence-corrected chi connectivity index (χ2v) is 6.99. The molecule has 1 aromatic carbocycles. The Kier molecular flexibility index (Phi) is 6.63. The molecular weight excluding hydrogens is 352 g/mol. The average Bonchev–Trinajstić information content (AvgIpc) is 2.50. The number of rotatable bonds is 9. The molecule has 9 heteroatoms. The predicted molar refractivity (Wildman–Crippen MR) is 81.3 cm³/mol. The van der Waals surface area contributed by atoms with E-state index < -0.39 is 34.1 Å². The Labute approximate surface area is 138 Å². The van der Waals surface area contributed by atoms with Crippen molar-refractivity contribution in [3.05, 3.63) is 29.8 Å². The predicted octanol–water partition coefficient (Wildman–Crippen LogP) is 4.48. The average molecular weight is 372 g/mol. The molecule has 0 aromatic heterocycles. The van der Waals surface area contributed by atoms with Crippen molar-refractivity contribution >= 4 is 10.1 Å². The van der Waals surface area contributed by atoms with E-state index in [1.54, 1.807) is 12.1 Å². The summed E-state index contributed by atoms with van der Waals surface area (Å²) in [6.07, 6.45) is -0.993. The van der Waals surface area contributed by atoms with Gasteiger partial charge in [0, 0.05) is 6.42 Å². The van der Waals surface area contributed by atoms with Crippen LogP contribution in [0.3, 0.4) is 0 Å². The van der Waals surface area contributed by atoms with Gasteiger partial charge in [0.05, 0.1) is 6.61 Å². The van der Waals surface area contributed by atoms with E-state index in [9.17, 15) is 26.0 Å². The van der Waals surface area contributed by atoms with Crippen LogP contribution in [0.5, 0.6) is 5.75 Å². The molecule has 1 aromatic rings. The van der Waals surface area contributed by atoms with Gasteiger partial charge in [-0.05, 0) is 36.5 Å². The van der Waals surface area contributed by atoms with Crippen molar-refractivity contribution in [3.63, 3.8) is 0 Å². The molecule has 1 unspecified atom stereocenters. The topological polar surface area (TPSA) is 63.6 Å². The highest BCUT2D eigenvalue weighted by Crippen LogP contribution is 2.41. The van der Waals surface area contributed by atoms with Crippen LogP contribution in [0.25, 0.3) is 0 Å². The third-order valence-corrected chi connectivity index (χ3v) is 4.66. The van der Waals surface area contributed by atoms with Crippen LogP contribution in [0.15, 0.2) is 24.3 Å². The largest absolute Gasteiger partial charge is 0.494 e. The smallest absolute Gasteiger partial charge is 0.431 e. The minimum atomic E-state index is -6.19. The van der Waals surface area contributed by atoms with Gasteiger partial charge in [0.15, 0.2) is 0 Å². The molecule has 138 valence electrons. The van der Waals surface area contributed by atoms with Crippen LogP contribution in [0.1, 0.15) is 44.6 Å². The highest BCUT2D eigenvalue weighted by molar-refractivity contribution is 7.87. The zero-order valence-electron chi connectivity index (χ0n) is 13.3. The van der Waals surface area contributed by atoms with Crippen LogP contribution >= 0.6 is 0 Å². The molecule has 1 N–H and O–H groups in total. The molecule has 0 saturated carbocycles. The van der Waals surface area contributed by atoms with Crippen molar-refractivity contribution in [1.29, 1.82) is 0 Å². The first kappa shape index (κ1) is 20.7. The summed E-state index contributed by atoms with van der Waals surface area (Å²) in [5.74, 6) is -4.13. The summed E-state index contributed by atoms with van der Waals surface area (Å²) in [5.41, 5.74) is 1.09. The molecule has 1 atom stereocenters. The second-order valence-electron chi connectivity index (χ2n) is 5.53. The summed E-state index contributed by atoms with van der Waals surface area (Å²) in [4.78, 5) is 0. The van der Waals surface area contributed by atoms with Gasteiger partial charge in [0.25, 0.3) is 0 Å². The van der Waals surface area contributed by atoms with E-state index in [0.29, 0.717) is 11.7 Å². The maximum atomic E-state index is 13.3. The molecule has 1 rings (SSSR count). The lowest BCUT2D eigenvalue weighted by Crippen LogP contribution is -2.46. The Morgan fingerprint density at radius 2 is 1.71 bits per heavy atom. The molecule has 0 aliphatic heterocycles. The van der Waals surface area contributed by atoms with E-state index in [1.807, 2.05) is 26.0 Å². The third-order valence-electron chi connectivity index (χ3n) is 3.72. The molecule has 24 heavy (non-hydrogen) atoms. The Hall–Kier alpha value is -1.35. The van der Waals surface area contributed by atoms with Gasteiger partial charge in [-0.25, -0.2) is 0 Å². The second kappa shape index (κ2) is 7.69. The number of hydrogen-bond acceptors (Lipinski definition) is 3. The minimum absolute atomic E-state index is 0.292. The minimum Gasteiger partial charge on any atom is -0.494 e. The first-order valence-electron chi connectivity index (χ1n) is 7.38. The van der Waals surface area contributed by atoms with Gasteiger partial charge in [-0.1, -0.05) is 26.0 Å². The van der Waals surface area contributed by atoms with Crippen molar-refractivity contribution in [1.82, 2.24) is 0 Å². The van der Waals surface area contributed by atoms with Crippen LogP contribution in [0.2, 0.25) is 0 Å². The molecule has 0 heterocycles. The van der Waals surface area contributed by atoms with Crippen molar-refractivity contribution < 1.29 is 35.3 Å². The molecule has 0 bridgehead atoms. The number of hydrogen-bond donors (Lipinski definition) is 1. The third kappa shape index (κ3) is 4.83. The Balaban J connectivity index is 2.54. The summed E-state index contributed by atoms with van der Waals surface area (Å²) in [6.45, 7) is 3.80. The van der Waals surface area contributed by atoms with Gasteiger partial charge in [-0.15, -0.1) is 0 Å². The number of halogens is 4. The Morgan fingerprint density at radius 3 is 2.17 bits per heavy atom. The zero-order chi connectivity index (χ0) is 18.6. The number of benzene rings is 1. The first-order chi connectivity index (χ1) is 10.9. The summed E-state index contributed by atoms with van der Waals surface area (Å²) in [5, 5.41) is -5.53. The van der Waals surface area contributed by atoms with Gasteiger partial charge in [-0.2, -0.15) is 26.0 Å². The van der Waals surface area contributed by atoms with Gasteiger partial charge >= 0.3 is 21.3 Å². The first-order valence-corrected chi connectivity index (χ1v) is 8.82. The van der Waals surface area contributed by atoms with Gasteiger partial charge in [-0.3, -0.25) is 4.55 Å². The van der Waals surface area contributed by atoms with Crippen LogP contribution in [-0.2, 0) is 10.1 Å². The zero-order valence-corrected chi connectivity index (χ0v) is 14.1. The monoisotopic (exact) mass is 372 g/mol. The Morgan fingerprint density at radius 1 is 1.17 bits per heavy atom.